The zero-order valence-corrected chi connectivity index (χ0v) is 21.2. The summed E-state index contributed by atoms with van der Waals surface area (Å²) in [5.41, 5.74) is 2.52. The average Bonchev–Trinajstić information content (AvgIpc) is 3.50. The quantitative estimate of drug-likeness (QED) is 0.479. The van der Waals surface area contributed by atoms with E-state index in [1.54, 1.807) is 16.4 Å². The average molecular weight is 495 g/mol. The molecule has 0 unspecified atom stereocenters. The first kappa shape index (κ1) is 24.0. The number of aromatic nitrogens is 2. The lowest BCUT2D eigenvalue weighted by Crippen LogP contribution is -2.50. The fourth-order valence-electron chi connectivity index (χ4n) is 5.39. The van der Waals surface area contributed by atoms with Gasteiger partial charge in [-0.15, -0.1) is 0 Å². The number of sulfonamides is 1. The number of aryl methyl sites for hydroxylation is 2. The molecule has 1 saturated carbocycles. The molecule has 2 heterocycles. The van der Waals surface area contributed by atoms with Crippen LogP contribution in [0, 0.1) is 0 Å². The number of nitrogens with one attached hydrogen (secondary N) is 1. The molecule has 0 bridgehead atoms. The fraction of sp³-hybridized carbons (Fsp3) is 0.481. The van der Waals surface area contributed by atoms with Gasteiger partial charge in [0.25, 0.3) is 0 Å². The van der Waals surface area contributed by atoms with Crippen LogP contribution in [0.5, 0.6) is 0 Å². The number of hydrogen-bond donors (Lipinski definition) is 1. The molecular formula is C27H34N4O3S. The number of amides is 1. The molecule has 1 aliphatic heterocycles. The van der Waals surface area contributed by atoms with Crippen LogP contribution in [0.25, 0.3) is 11.0 Å². The Morgan fingerprint density at radius 3 is 2.46 bits per heavy atom. The van der Waals surface area contributed by atoms with Gasteiger partial charge in [0.15, 0.2) is 0 Å². The molecule has 186 valence electrons. The first-order valence-corrected chi connectivity index (χ1v) is 14.2. The molecule has 2 aromatic carbocycles. The minimum Gasteiger partial charge on any atom is -0.347 e. The van der Waals surface area contributed by atoms with Gasteiger partial charge in [-0.25, -0.2) is 13.4 Å². The second kappa shape index (κ2) is 9.74. The van der Waals surface area contributed by atoms with Gasteiger partial charge in [-0.05, 0) is 62.3 Å². The molecule has 1 saturated heterocycles. The summed E-state index contributed by atoms with van der Waals surface area (Å²) in [7, 11) is -3.50. The normalized spacial score (nSPS) is 18.0. The van der Waals surface area contributed by atoms with Crippen LogP contribution in [0.3, 0.4) is 0 Å². The summed E-state index contributed by atoms with van der Waals surface area (Å²) in [4.78, 5) is 18.1. The summed E-state index contributed by atoms with van der Waals surface area (Å²) >= 11 is 0. The number of imidazole rings is 1. The van der Waals surface area contributed by atoms with Crippen LogP contribution in [-0.4, -0.2) is 41.3 Å². The van der Waals surface area contributed by atoms with E-state index in [9.17, 15) is 13.2 Å². The van der Waals surface area contributed by atoms with E-state index in [2.05, 4.69) is 28.9 Å². The van der Waals surface area contributed by atoms with Gasteiger partial charge < -0.3 is 9.88 Å². The maximum atomic E-state index is 13.0. The minimum atomic E-state index is -3.50. The first-order chi connectivity index (χ1) is 16.9. The summed E-state index contributed by atoms with van der Waals surface area (Å²) in [6.07, 6.45) is 6.64. The Morgan fingerprint density at radius 2 is 1.80 bits per heavy atom. The minimum absolute atomic E-state index is 0.0287. The van der Waals surface area contributed by atoms with Crippen LogP contribution >= 0.6 is 0 Å². The Labute approximate surface area is 207 Å². The van der Waals surface area contributed by atoms with Gasteiger partial charge in [-0.1, -0.05) is 37.3 Å². The van der Waals surface area contributed by atoms with Crippen LogP contribution in [0.2, 0.25) is 0 Å². The maximum Gasteiger partial charge on any atom is 0.243 e. The molecule has 8 heteroatoms. The van der Waals surface area contributed by atoms with Gasteiger partial charge in [-0.2, -0.15) is 4.31 Å². The smallest absolute Gasteiger partial charge is 0.243 e. The van der Waals surface area contributed by atoms with Crippen LogP contribution in [0.1, 0.15) is 63.3 Å². The van der Waals surface area contributed by atoms with E-state index in [1.807, 2.05) is 24.3 Å². The number of benzene rings is 2. The zero-order chi connectivity index (χ0) is 24.5. The van der Waals surface area contributed by atoms with E-state index in [4.69, 9.17) is 4.98 Å². The van der Waals surface area contributed by atoms with Gasteiger partial charge in [-0.3, -0.25) is 4.79 Å². The third-order valence-corrected chi connectivity index (χ3v) is 9.33. The lowest BCUT2D eigenvalue weighted by atomic mass is 9.71. The second-order valence-corrected chi connectivity index (χ2v) is 11.7. The topological polar surface area (TPSA) is 84.3 Å². The molecule has 1 amide bonds. The Bertz CT molecular complexity index is 1310. The molecule has 0 radical (unpaired) electrons. The monoisotopic (exact) mass is 494 g/mol. The Morgan fingerprint density at radius 1 is 1.06 bits per heavy atom. The predicted molar refractivity (Wildman–Crippen MR) is 136 cm³/mol. The van der Waals surface area contributed by atoms with Crippen LogP contribution in [0.4, 0.5) is 0 Å². The molecule has 5 rings (SSSR count). The highest BCUT2D eigenvalue weighted by Crippen LogP contribution is 2.41. The van der Waals surface area contributed by atoms with Gasteiger partial charge in [0, 0.05) is 32.5 Å². The van der Waals surface area contributed by atoms with Gasteiger partial charge in [0.1, 0.15) is 5.82 Å². The van der Waals surface area contributed by atoms with Crippen molar-refractivity contribution < 1.29 is 13.2 Å². The van der Waals surface area contributed by atoms with E-state index >= 15 is 0 Å². The largest absolute Gasteiger partial charge is 0.347 e. The molecule has 0 spiro atoms. The third kappa shape index (κ3) is 4.61. The number of carbonyl (C=O) groups is 1. The van der Waals surface area contributed by atoms with E-state index in [1.165, 1.54) is 5.56 Å². The third-order valence-electron chi connectivity index (χ3n) is 7.44. The lowest BCUT2D eigenvalue weighted by Gasteiger charge is -2.43. The van der Waals surface area contributed by atoms with Gasteiger partial charge >= 0.3 is 0 Å². The highest BCUT2D eigenvalue weighted by molar-refractivity contribution is 7.89. The summed E-state index contributed by atoms with van der Waals surface area (Å²) in [6, 6.07) is 15.5. The van der Waals surface area contributed by atoms with Crippen LogP contribution in [0.15, 0.2) is 53.4 Å². The Kier molecular flexibility index (Phi) is 6.68. The Hall–Kier alpha value is -2.71. The van der Waals surface area contributed by atoms with Crippen molar-refractivity contribution >= 4 is 27.0 Å². The molecule has 2 aliphatic rings. The van der Waals surface area contributed by atoms with Crippen molar-refractivity contribution in [2.45, 2.75) is 75.3 Å². The highest BCUT2D eigenvalue weighted by atomic mass is 32.2. The van der Waals surface area contributed by atoms with E-state index < -0.39 is 10.0 Å². The zero-order valence-electron chi connectivity index (χ0n) is 20.4. The standard InChI is InChI=1S/C27H34N4O3S/c1-2-17-31-24-12-11-22(35(33,34)30-18-6-7-19-30)20-23(24)28-25(31)13-14-26(32)29-27(15-8-16-27)21-9-4-3-5-10-21/h3-5,9-12,20H,2,6-8,13-19H2,1H3,(H,29,32). The maximum absolute atomic E-state index is 13.0. The van der Waals surface area contributed by atoms with Crippen LogP contribution in [-0.2, 0) is 33.3 Å². The number of fused-ring (bicyclic) bond motifs is 1. The molecule has 35 heavy (non-hydrogen) atoms. The SMILES string of the molecule is CCCn1c(CCC(=O)NC2(c3ccccc3)CCC2)nc2cc(S(=O)(=O)N3CCCC3)ccc21. The summed E-state index contributed by atoms with van der Waals surface area (Å²) in [5.74, 6) is 0.857. The van der Waals surface area contributed by atoms with E-state index in [0.717, 1.165) is 56.4 Å². The molecule has 2 fully saturated rings. The molecule has 3 aromatic rings. The van der Waals surface area contributed by atoms with Crippen molar-refractivity contribution in [3.63, 3.8) is 0 Å². The first-order valence-electron chi connectivity index (χ1n) is 12.8. The van der Waals surface area contributed by atoms with Crippen LogP contribution < -0.4 is 5.32 Å². The molecule has 0 atom stereocenters. The summed E-state index contributed by atoms with van der Waals surface area (Å²) in [6.45, 7) is 4.04. The van der Waals surface area contributed by atoms with Crippen molar-refractivity contribution in [1.82, 2.24) is 19.2 Å². The Balaban J connectivity index is 1.34. The summed E-state index contributed by atoms with van der Waals surface area (Å²) < 4.78 is 29.8. The number of nitrogens with zero attached hydrogens (tertiary/aromatic N) is 3. The van der Waals surface area contributed by atoms with E-state index in [-0.39, 0.29) is 11.4 Å². The molecule has 1 aromatic heterocycles. The molecule has 1 aliphatic carbocycles. The number of rotatable bonds is 9. The second-order valence-electron chi connectivity index (χ2n) is 9.79. The number of hydrogen-bond acceptors (Lipinski definition) is 4. The van der Waals surface area contributed by atoms with Crippen molar-refractivity contribution in [2.75, 3.05) is 13.1 Å². The molecular weight excluding hydrogens is 460 g/mol. The van der Waals surface area contributed by atoms with Crippen molar-refractivity contribution in [3.8, 4) is 0 Å². The van der Waals surface area contributed by atoms with E-state index in [0.29, 0.717) is 36.3 Å². The number of carbonyl (C=O) groups excluding carboxylic acids is 1. The van der Waals surface area contributed by atoms with Crippen molar-refractivity contribution in [2.24, 2.45) is 0 Å². The lowest BCUT2D eigenvalue weighted by molar-refractivity contribution is -0.124. The fourth-order valence-corrected chi connectivity index (χ4v) is 6.93. The highest BCUT2D eigenvalue weighted by Gasteiger charge is 2.39. The molecule has 7 nitrogen and oxygen atoms in total. The molecule has 1 N–H and O–H groups in total. The van der Waals surface area contributed by atoms with Gasteiger partial charge in [0.2, 0.25) is 15.9 Å². The summed E-state index contributed by atoms with van der Waals surface area (Å²) in [5, 5.41) is 3.30. The predicted octanol–water partition coefficient (Wildman–Crippen LogP) is 4.36. The van der Waals surface area contributed by atoms with Crippen molar-refractivity contribution in [3.05, 3.63) is 59.9 Å². The van der Waals surface area contributed by atoms with Crippen molar-refractivity contribution in [1.29, 1.82) is 0 Å². The van der Waals surface area contributed by atoms with Gasteiger partial charge in [0.05, 0.1) is 21.5 Å².